The number of hydrogen-bond donors (Lipinski definition) is 3. The van der Waals surface area contributed by atoms with E-state index in [0.717, 1.165) is 10.8 Å². The van der Waals surface area contributed by atoms with Gasteiger partial charge in [0.05, 0.1) is 5.56 Å². The summed E-state index contributed by atoms with van der Waals surface area (Å²) in [5.41, 5.74) is 5.28. The van der Waals surface area contributed by atoms with Gasteiger partial charge in [0.1, 0.15) is 5.75 Å². The zero-order valence-electron chi connectivity index (χ0n) is 14.6. The van der Waals surface area contributed by atoms with Gasteiger partial charge in [-0.05, 0) is 63.2 Å². The van der Waals surface area contributed by atoms with E-state index in [1.165, 1.54) is 0 Å². The smallest absolute Gasteiger partial charge is 0.276 e. The molecule has 0 saturated heterocycles. The Balaban J connectivity index is 1.45. The Morgan fingerprint density at radius 3 is 2.43 bits per heavy atom. The normalized spacial score (nSPS) is 10.2. The Hall–Kier alpha value is -2.97. The van der Waals surface area contributed by atoms with Crippen molar-refractivity contribution in [3.63, 3.8) is 0 Å². The highest BCUT2D eigenvalue weighted by Crippen LogP contribution is 2.20. The maximum Gasteiger partial charge on any atom is 0.276 e. The molecule has 3 N–H and O–H groups in total. The third-order valence-corrected chi connectivity index (χ3v) is 4.65. The summed E-state index contributed by atoms with van der Waals surface area (Å²) in [5, 5.41) is 4.57. The molecule has 3 aromatic carbocycles. The summed E-state index contributed by atoms with van der Waals surface area (Å²) in [7, 11) is 0. The molecule has 0 bridgehead atoms. The molecule has 0 saturated carbocycles. The lowest BCUT2D eigenvalue weighted by atomic mass is 10.1. The van der Waals surface area contributed by atoms with Crippen molar-refractivity contribution in [1.29, 1.82) is 0 Å². The molecule has 28 heavy (non-hydrogen) atoms. The number of amides is 2. The molecule has 2 amide bonds. The van der Waals surface area contributed by atoms with Gasteiger partial charge in [-0.2, -0.15) is 0 Å². The molecule has 0 radical (unpaired) electrons. The molecule has 0 aliphatic heterocycles. The molecule has 142 valence electrons. The predicted molar refractivity (Wildman–Crippen MR) is 115 cm³/mol. The molecule has 0 unspecified atom stereocenters. The van der Waals surface area contributed by atoms with Crippen molar-refractivity contribution < 1.29 is 14.3 Å². The number of carbonyl (C=O) groups excluding carboxylic acids is 2. The second-order valence-corrected chi connectivity index (χ2v) is 7.00. The number of carbonyl (C=O) groups is 2. The Bertz CT molecular complexity index is 1040. The first kappa shape index (κ1) is 19.8. The van der Waals surface area contributed by atoms with Crippen molar-refractivity contribution in [3.05, 3.63) is 76.8 Å². The van der Waals surface area contributed by atoms with E-state index in [2.05, 4.69) is 32.1 Å². The van der Waals surface area contributed by atoms with Gasteiger partial charge in [0.15, 0.2) is 11.7 Å². The third-order valence-electron chi connectivity index (χ3n) is 3.75. The van der Waals surface area contributed by atoms with E-state index in [9.17, 15) is 9.59 Å². The quantitative estimate of drug-likeness (QED) is 0.413. The number of rotatable bonds is 4. The van der Waals surface area contributed by atoms with Crippen LogP contribution in [0.15, 0.2) is 71.2 Å². The molecule has 0 spiro atoms. The van der Waals surface area contributed by atoms with Gasteiger partial charge in [0.2, 0.25) is 0 Å². The highest BCUT2D eigenvalue weighted by Gasteiger charge is 2.11. The highest BCUT2D eigenvalue weighted by atomic mass is 79.9. The SMILES string of the molecule is O=C(COc1ccc2ccccc2c1)NNC(=S)NC(=O)c1ccccc1Br. The van der Waals surface area contributed by atoms with Crippen LogP contribution in [0.5, 0.6) is 5.75 Å². The molecule has 0 atom stereocenters. The third kappa shape index (κ3) is 5.28. The zero-order chi connectivity index (χ0) is 19.9. The summed E-state index contributed by atoms with van der Waals surface area (Å²) in [6.45, 7) is -0.202. The van der Waals surface area contributed by atoms with Crippen molar-refractivity contribution in [3.8, 4) is 5.75 Å². The van der Waals surface area contributed by atoms with Crippen LogP contribution in [0.2, 0.25) is 0 Å². The second-order valence-electron chi connectivity index (χ2n) is 5.73. The molecule has 3 rings (SSSR count). The first-order valence-electron chi connectivity index (χ1n) is 8.29. The van der Waals surface area contributed by atoms with Gasteiger partial charge in [-0.1, -0.05) is 42.5 Å². The summed E-state index contributed by atoms with van der Waals surface area (Å²) >= 11 is 8.30. The zero-order valence-corrected chi connectivity index (χ0v) is 17.0. The Morgan fingerprint density at radius 2 is 1.64 bits per heavy atom. The largest absolute Gasteiger partial charge is 0.484 e. The standard InChI is InChI=1S/C20H16BrN3O3S/c21-17-8-4-3-7-16(17)19(26)22-20(28)24-23-18(25)12-27-15-10-9-13-5-1-2-6-14(13)11-15/h1-11H,12H2,(H,23,25)(H2,22,24,26,28). The van der Waals surface area contributed by atoms with Crippen LogP contribution in [0.4, 0.5) is 0 Å². The highest BCUT2D eigenvalue weighted by molar-refractivity contribution is 9.10. The van der Waals surface area contributed by atoms with E-state index < -0.39 is 11.8 Å². The summed E-state index contributed by atoms with van der Waals surface area (Å²) in [6.07, 6.45) is 0. The molecular weight excluding hydrogens is 442 g/mol. The number of nitrogens with one attached hydrogen (secondary N) is 3. The lowest BCUT2D eigenvalue weighted by molar-refractivity contribution is -0.123. The minimum Gasteiger partial charge on any atom is -0.484 e. The lowest BCUT2D eigenvalue weighted by Gasteiger charge is -2.12. The average molecular weight is 458 g/mol. The van der Waals surface area contributed by atoms with Gasteiger partial charge in [-0.3, -0.25) is 25.8 Å². The fourth-order valence-electron chi connectivity index (χ4n) is 2.42. The van der Waals surface area contributed by atoms with Crippen LogP contribution in [-0.4, -0.2) is 23.5 Å². The fourth-order valence-corrected chi connectivity index (χ4v) is 3.02. The maximum atomic E-state index is 12.1. The van der Waals surface area contributed by atoms with E-state index in [0.29, 0.717) is 15.8 Å². The van der Waals surface area contributed by atoms with Crippen LogP contribution in [0, 0.1) is 0 Å². The van der Waals surface area contributed by atoms with Gasteiger partial charge < -0.3 is 4.74 Å². The first-order valence-corrected chi connectivity index (χ1v) is 9.49. The summed E-state index contributed by atoms with van der Waals surface area (Å²) in [6, 6.07) is 20.4. The van der Waals surface area contributed by atoms with Crippen LogP contribution >= 0.6 is 28.1 Å². The van der Waals surface area contributed by atoms with Crippen molar-refractivity contribution in [2.75, 3.05) is 6.61 Å². The molecule has 3 aromatic rings. The predicted octanol–water partition coefficient (Wildman–Crippen LogP) is 3.32. The number of ether oxygens (including phenoxy) is 1. The summed E-state index contributed by atoms with van der Waals surface area (Å²) in [4.78, 5) is 24.0. The van der Waals surface area contributed by atoms with E-state index in [4.69, 9.17) is 17.0 Å². The van der Waals surface area contributed by atoms with E-state index in [1.807, 2.05) is 36.4 Å². The number of benzene rings is 3. The average Bonchev–Trinajstić information content (AvgIpc) is 2.70. The number of hydrazine groups is 1. The van der Waals surface area contributed by atoms with Crippen molar-refractivity contribution in [2.24, 2.45) is 0 Å². The van der Waals surface area contributed by atoms with Crippen LogP contribution in [0.25, 0.3) is 10.8 Å². The topological polar surface area (TPSA) is 79.5 Å². The van der Waals surface area contributed by atoms with Crippen molar-refractivity contribution in [1.82, 2.24) is 16.2 Å². The van der Waals surface area contributed by atoms with Gasteiger partial charge in [0.25, 0.3) is 11.8 Å². The Kier molecular flexibility index (Phi) is 6.57. The number of hydrogen-bond acceptors (Lipinski definition) is 4. The molecule has 0 fully saturated rings. The van der Waals surface area contributed by atoms with E-state index >= 15 is 0 Å². The van der Waals surface area contributed by atoms with Gasteiger partial charge >= 0.3 is 0 Å². The molecule has 0 aliphatic rings. The fraction of sp³-hybridized carbons (Fsp3) is 0.0500. The minimum atomic E-state index is -0.439. The van der Waals surface area contributed by atoms with Gasteiger partial charge in [0, 0.05) is 4.47 Å². The molecule has 0 heterocycles. The lowest BCUT2D eigenvalue weighted by Crippen LogP contribution is -2.49. The van der Waals surface area contributed by atoms with Crippen molar-refractivity contribution >= 4 is 55.8 Å². The van der Waals surface area contributed by atoms with Crippen LogP contribution < -0.4 is 20.9 Å². The van der Waals surface area contributed by atoms with E-state index in [-0.39, 0.29) is 11.7 Å². The first-order chi connectivity index (χ1) is 13.5. The van der Waals surface area contributed by atoms with Crippen LogP contribution in [0.1, 0.15) is 10.4 Å². The van der Waals surface area contributed by atoms with Crippen LogP contribution in [-0.2, 0) is 4.79 Å². The van der Waals surface area contributed by atoms with E-state index in [1.54, 1.807) is 30.3 Å². The summed E-state index contributed by atoms with van der Waals surface area (Å²) < 4.78 is 6.13. The Morgan fingerprint density at radius 1 is 0.929 bits per heavy atom. The Labute approximate surface area is 175 Å². The maximum absolute atomic E-state index is 12.1. The summed E-state index contributed by atoms with van der Waals surface area (Å²) in [5.74, 6) is -0.254. The molecular formula is C20H16BrN3O3S. The molecule has 0 aromatic heterocycles. The number of thiocarbonyl (C=S) groups is 1. The van der Waals surface area contributed by atoms with Crippen molar-refractivity contribution in [2.45, 2.75) is 0 Å². The second kappa shape index (κ2) is 9.29. The number of fused-ring (bicyclic) bond motifs is 1. The molecule has 8 heteroatoms. The van der Waals surface area contributed by atoms with Gasteiger partial charge in [-0.25, -0.2) is 0 Å². The number of halogens is 1. The minimum absolute atomic E-state index is 0.0280. The monoisotopic (exact) mass is 457 g/mol. The molecule has 0 aliphatic carbocycles. The van der Waals surface area contributed by atoms with Crippen LogP contribution in [0.3, 0.4) is 0 Å². The molecule has 6 nitrogen and oxygen atoms in total. The van der Waals surface area contributed by atoms with Gasteiger partial charge in [-0.15, -0.1) is 0 Å².